The van der Waals surface area contributed by atoms with Gasteiger partial charge in [-0.2, -0.15) is 0 Å². The molecule has 0 N–H and O–H groups in total. The zero-order valence-corrected chi connectivity index (χ0v) is 15.5. The van der Waals surface area contributed by atoms with Crippen LogP contribution in [0.3, 0.4) is 0 Å². The van der Waals surface area contributed by atoms with Crippen LogP contribution in [0.1, 0.15) is 5.56 Å². The summed E-state index contributed by atoms with van der Waals surface area (Å²) in [6.07, 6.45) is 8.04. The summed E-state index contributed by atoms with van der Waals surface area (Å²) >= 11 is 0. The molecule has 2 nitrogen and oxygen atoms in total. The van der Waals surface area contributed by atoms with Crippen molar-refractivity contribution < 1.29 is 0 Å². The first kappa shape index (κ1) is 17.6. The average molecular weight is 360 g/mol. The summed E-state index contributed by atoms with van der Waals surface area (Å²) in [5.74, 6) is 0. The summed E-state index contributed by atoms with van der Waals surface area (Å²) in [4.78, 5) is 9.15. The van der Waals surface area contributed by atoms with Crippen molar-refractivity contribution in [2.24, 2.45) is 9.98 Å². The average Bonchev–Trinajstić information content (AvgIpc) is 2.77. The number of rotatable bonds is 4. The lowest BCUT2D eigenvalue weighted by Gasteiger charge is -2.12. The van der Waals surface area contributed by atoms with E-state index in [1.807, 2.05) is 85.0 Å². The molecule has 0 heterocycles. The number of nitrogens with zero attached hydrogens (tertiary/aromatic N) is 2. The van der Waals surface area contributed by atoms with Gasteiger partial charge in [-0.3, -0.25) is 4.99 Å². The lowest BCUT2D eigenvalue weighted by Crippen LogP contribution is -2.03. The lowest BCUT2D eigenvalue weighted by atomic mass is 9.99. The van der Waals surface area contributed by atoms with E-state index < -0.39 is 0 Å². The van der Waals surface area contributed by atoms with Crippen molar-refractivity contribution in [1.82, 2.24) is 0 Å². The molecule has 2 heteroatoms. The van der Waals surface area contributed by atoms with Crippen LogP contribution in [0.5, 0.6) is 0 Å². The Bertz CT molecular complexity index is 1080. The maximum atomic E-state index is 4.86. The minimum atomic E-state index is 0.834. The summed E-state index contributed by atoms with van der Waals surface area (Å²) in [5.41, 5.74) is 6.99. The highest BCUT2D eigenvalue weighted by Crippen LogP contribution is 2.27. The third-order valence-corrected chi connectivity index (χ3v) is 4.59. The molecule has 4 rings (SSSR count). The first-order valence-corrected chi connectivity index (χ1v) is 9.21. The van der Waals surface area contributed by atoms with Gasteiger partial charge in [0.15, 0.2) is 0 Å². The molecule has 0 radical (unpaired) electrons. The predicted molar refractivity (Wildman–Crippen MR) is 120 cm³/mol. The zero-order chi connectivity index (χ0) is 19.2. The number of hydrogen-bond donors (Lipinski definition) is 0. The Labute approximate surface area is 165 Å². The molecule has 0 aromatic heterocycles. The van der Waals surface area contributed by atoms with Crippen LogP contribution in [0, 0.1) is 0 Å². The highest BCUT2D eigenvalue weighted by Gasteiger charge is 2.12. The second kappa shape index (κ2) is 8.28. The van der Waals surface area contributed by atoms with Crippen LogP contribution in [0.2, 0.25) is 0 Å². The predicted octanol–water partition coefficient (Wildman–Crippen LogP) is 6.66. The molecule has 0 amide bonds. The molecular formula is C26H20N2. The largest absolute Gasteiger partial charge is 0.263 e. The van der Waals surface area contributed by atoms with E-state index in [-0.39, 0.29) is 0 Å². The summed E-state index contributed by atoms with van der Waals surface area (Å²) < 4.78 is 0. The molecule has 0 spiro atoms. The van der Waals surface area contributed by atoms with E-state index in [2.05, 4.69) is 36.0 Å². The Balaban J connectivity index is 1.71. The summed E-state index contributed by atoms with van der Waals surface area (Å²) in [5, 5.41) is 0. The van der Waals surface area contributed by atoms with E-state index in [1.54, 1.807) is 0 Å². The van der Waals surface area contributed by atoms with Crippen LogP contribution in [0.25, 0.3) is 16.8 Å². The molecule has 0 unspecified atom stereocenters. The maximum absolute atomic E-state index is 4.86. The standard InChI is InChI=1S/C26H20N2/c1-27-26(22-12-6-3-7-13-22)24-14-8-9-15-25(24)28-23-18-16-21(17-19-23)20-10-4-2-5-11-20/h2-19H,1H2/b26-24-,28-25?. The zero-order valence-electron chi connectivity index (χ0n) is 15.5. The van der Waals surface area contributed by atoms with Crippen molar-refractivity contribution >= 4 is 23.8 Å². The molecule has 3 aromatic carbocycles. The van der Waals surface area contributed by atoms with Gasteiger partial charge in [0.1, 0.15) is 0 Å². The molecule has 0 fully saturated rings. The molecule has 134 valence electrons. The topological polar surface area (TPSA) is 24.7 Å². The van der Waals surface area contributed by atoms with E-state index in [4.69, 9.17) is 4.99 Å². The molecule has 28 heavy (non-hydrogen) atoms. The number of allylic oxidation sites excluding steroid dienone is 5. The van der Waals surface area contributed by atoms with Gasteiger partial charge in [-0.1, -0.05) is 91.0 Å². The molecule has 0 saturated carbocycles. The molecule has 1 aliphatic rings. The fourth-order valence-electron chi connectivity index (χ4n) is 3.20. The molecule has 0 bridgehead atoms. The Kier molecular flexibility index (Phi) is 5.21. The van der Waals surface area contributed by atoms with E-state index in [9.17, 15) is 0 Å². The smallest absolute Gasteiger partial charge is 0.0788 e. The molecule has 0 aliphatic heterocycles. The SMILES string of the molecule is C=N/C(=C1/C=CC=CC1=Nc1ccc(-c2ccccc2)cc1)c1ccccc1. The summed E-state index contributed by atoms with van der Waals surface area (Å²) in [7, 11) is 0. The lowest BCUT2D eigenvalue weighted by molar-refractivity contribution is 1.46. The van der Waals surface area contributed by atoms with Crippen LogP contribution in [-0.2, 0) is 0 Å². The highest BCUT2D eigenvalue weighted by molar-refractivity contribution is 6.17. The number of aliphatic imine (C=N–C) groups is 2. The van der Waals surface area contributed by atoms with Crippen LogP contribution in [0.15, 0.2) is 125 Å². The molecule has 0 saturated heterocycles. The van der Waals surface area contributed by atoms with E-state index in [1.165, 1.54) is 11.1 Å². The van der Waals surface area contributed by atoms with Crippen molar-refractivity contribution in [3.63, 3.8) is 0 Å². The summed E-state index contributed by atoms with van der Waals surface area (Å²) in [6.45, 7) is 3.78. The molecule has 1 aliphatic carbocycles. The highest BCUT2D eigenvalue weighted by atomic mass is 14.8. The normalized spacial score (nSPS) is 16.2. The Morgan fingerprint density at radius 1 is 0.643 bits per heavy atom. The van der Waals surface area contributed by atoms with Crippen LogP contribution in [0.4, 0.5) is 5.69 Å². The molecule has 0 atom stereocenters. The van der Waals surface area contributed by atoms with Crippen LogP contribution in [-0.4, -0.2) is 12.4 Å². The van der Waals surface area contributed by atoms with Crippen molar-refractivity contribution in [2.75, 3.05) is 0 Å². The monoisotopic (exact) mass is 360 g/mol. The van der Waals surface area contributed by atoms with Gasteiger partial charge in [-0.25, -0.2) is 4.99 Å². The van der Waals surface area contributed by atoms with E-state index in [0.29, 0.717) is 0 Å². The quantitative estimate of drug-likeness (QED) is 0.465. The van der Waals surface area contributed by atoms with Gasteiger partial charge in [-0.05, 0) is 36.1 Å². The Hall–Kier alpha value is -3.78. The number of hydrogen-bond acceptors (Lipinski definition) is 2. The van der Waals surface area contributed by atoms with Gasteiger partial charge in [0.05, 0.1) is 17.1 Å². The minimum absolute atomic E-state index is 0.834. The fraction of sp³-hybridized carbons (Fsp3) is 0. The third-order valence-electron chi connectivity index (χ3n) is 4.59. The first-order valence-electron chi connectivity index (χ1n) is 9.21. The molecule has 3 aromatic rings. The van der Waals surface area contributed by atoms with Gasteiger partial charge >= 0.3 is 0 Å². The second-order valence-electron chi connectivity index (χ2n) is 6.41. The summed E-state index contributed by atoms with van der Waals surface area (Å²) in [6, 6.07) is 28.7. The second-order valence-corrected chi connectivity index (χ2v) is 6.41. The van der Waals surface area contributed by atoms with Gasteiger partial charge in [-0.15, -0.1) is 0 Å². The van der Waals surface area contributed by atoms with E-state index >= 15 is 0 Å². The minimum Gasteiger partial charge on any atom is -0.263 e. The van der Waals surface area contributed by atoms with Gasteiger partial charge in [0.2, 0.25) is 0 Å². The number of benzene rings is 3. The Morgan fingerprint density at radius 3 is 1.93 bits per heavy atom. The van der Waals surface area contributed by atoms with Crippen LogP contribution < -0.4 is 0 Å². The fourth-order valence-corrected chi connectivity index (χ4v) is 3.20. The molecular weight excluding hydrogens is 340 g/mol. The van der Waals surface area contributed by atoms with Crippen molar-refractivity contribution in [3.05, 3.63) is 120 Å². The van der Waals surface area contributed by atoms with Crippen molar-refractivity contribution in [1.29, 1.82) is 0 Å². The van der Waals surface area contributed by atoms with Gasteiger partial charge < -0.3 is 0 Å². The van der Waals surface area contributed by atoms with Gasteiger partial charge in [0.25, 0.3) is 0 Å². The first-order chi connectivity index (χ1) is 13.8. The van der Waals surface area contributed by atoms with Crippen molar-refractivity contribution in [3.8, 4) is 11.1 Å². The van der Waals surface area contributed by atoms with Crippen LogP contribution >= 0.6 is 0 Å². The van der Waals surface area contributed by atoms with Crippen molar-refractivity contribution in [2.45, 2.75) is 0 Å². The van der Waals surface area contributed by atoms with Gasteiger partial charge in [0, 0.05) is 11.1 Å². The Morgan fingerprint density at radius 2 is 1.25 bits per heavy atom. The van der Waals surface area contributed by atoms with E-state index in [0.717, 1.165) is 28.2 Å². The maximum Gasteiger partial charge on any atom is 0.0788 e. The third kappa shape index (κ3) is 3.81.